The van der Waals surface area contributed by atoms with Gasteiger partial charge in [0.15, 0.2) is 0 Å². The fraction of sp³-hybridized carbons (Fsp3) is 0.0909. The van der Waals surface area contributed by atoms with E-state index >= 15 is 0 Å². The van der Waals surface area contributed by atoms with Crippen LogP contribution >= 0.6 is 0 Å². The van der Waals surface area contributed by atoms with Gasteiger partial charge in [0.1, 0.15) is 5.82 Å². The average molecular weight is 403 g/mol. The Morgan fingerprint density at radius 1 is 1.17 bits per heavy atom. The molecule has 0 saturated carbocycles. The van der Waals surface area contributed by atoms with Gasteiger partial charge in [-0.2, -0.15) is 10.4 Å². The third kappa shape index (κ3) is 4.10. The number of benzene rings is 2. The molecule has 7 nitrogen and oxygen atoms in total. The van der Waals surface area contributed by atoms with Crippen molar-refractivity contribution in [3.05, 3.63) is 88.0 Å². The smallest absolute Gasteiger partial charge is 0.274 e. The van der Waals surface area contributed by atoms with Crippen molar-refractivity contribution < 1.29 is 14.0 Å². The normalized spacial score (nSPS) is 10.7. The zero-order valence-corrected chi connectivity index (χ0v) is 16.3. The Morgan fingerprint density at radius 3 is 2.47 bits per heavy atom. The van der Waals surface area contributed by atoms with Gasteiger partial charge in [-0.1, -0.05) is 0 Å². The van der Waals surface area contributed by atoms with Gasteiger partial charge >= 0.3 is 0 Å². The molecule has 0 aliphatic rings. The minimum absolute atomic E-state index is 0.129. The number of nitriles is 1. The summed E-state index contributed by atoms with van der Waals surface area (Å²) in [5.74, 6) is -2.01. The quantitative estimate of drug-likeness (QED) is 0.504. The molecule has 30 heavy (non-hydrogen) atoms. The van der Waals surface area contributed by atoms with Crippen LogP contribution in [0.1, 0.15) is 43.2 Å². The molecule has 0 radical (unpaired) electrons. The summed E-state index contributed by atoms with van der Waals surface area (Å²) in [6.45, 7) is 3.80. The third-order valence-corrected chi connectivity index (χ3v) is 4.59. The first-order chi connectivity index (χ1) is 14.3. The average Bonchev–Trinajstić information content (AvgIpc) is 3.01. The van der Waals surface area contributed by atoms with Crippen molar-refractivity contribution in [2.45, 2.75) is 13.8 Å². The lowest BCUT2D eigenvalue weighted by atomic mass is 10.1. The van der Waals surface area contributed by atoms with Crippen LogP contribution in [0.3, 0.4) is 0 Å². The number of hydrogen-bond donors (Lipinski definition) is 2. The summed E-state index contributed by atoms with van der Waals surface area (Å²) in [5.41, 5.74) is 11.3. The molecule has 0 fully saturated rings. The van der Waals surface area contributed by atoms with Crippen molar-refractivity contribution in [1.29, 1.82) is 5.26 Å². The number of halogens is 1. The second-order valence-corrected chi connectivity index (χ2v) is 6.58. The van der Waals surface area contributed by atoms with Gasteiger partial charge < -0.3 is 10.3 Å². The third-order valence-electron chi connectivity index (χ3n) is 4.59. The lowest BCUT2D eigenvalue weighted by Crippen LogP contribution is -2.19. The summed E-state index contributed by atoms with van der Waals surface area (Å²) in [4.78, 5) is 23.4. The molecule has 3 rings (SSSR count). The fourth-order valence-electron chi connectivity index (χ4n) is 3.08. The highest BCUT2D eigenvalue weighted by Gasteiger charge is 2.13. The van der Waals surface area contributed by atoms with E-state index in [0.29, 0.717) is 5.56 Å². The van der Waals surface area contributed by atoms with Crippen molar-refractivity contribution in [3.63, 3.8) is 0 Å². The Kier molecular flexibility index (Phi) is 5.74. The molecular weight excluding hydrogens is 385 g/mol. The highest BCUT2D eigenvalue weighted by molar-refractivity contribution is 5.95. The van der Waals surface area contributed by atoms with E-state index in [0.717, 1.165) is 28.7 Å². The number of nitrogens with one attached hydrogen (secondary N) is 1. The van der Waals surface area contributed by atoms with Gasteiger partial charge in [0.25, 0.3) is 5.91 Å². The number of aromatic nitrogens is 1. The van der Waals surface area contributed by atoms with Gasteiger partial charge in [-0.3, -0.25) is 9.59 Å². The second kappa shape index (κ2) is 8.41. The molecule has 0 unspecified atom stereocenters. The molecule has 1 aromatic heterocycles. The fourth-order valence-corrected chi connectivity index (χ4v) is 3.08. The van der Waals surface area contributed by atoms with Gasteiger partial charge in [-0.15, -0.1) is 0 Å². The van der Waals surface area contributed by atoms with Crippen LogP contribution in [-0.4, -0.2) is 22.6 Å². The Hall–Kier alpha value is -4.25. The van der Waals surface area contributed by atoms with E-state index in [4.69, 9.17) is 11.0 Å². The highest BCUT2D eigenvalue weighted by atomic mass is 19.1. The monoisotopic (exact) mass is 403 g/mol. The number of hydrogen-bond acceptors (Lipinski definition) is 4. The SMILES string of the molecule is Cc1cc(/C=N\NC(=O)c2ccc(C#N)cc2F)c(C)n1-c1ccc(C(N)=O)cc1. The molecule has 1 heterocycles. The molecule has 3 N–H and O–H groups in total. The number of carbonyl (C=O) groups excluding carboxylic acids is 2. The Balaban J connectivity index is 1.78. The molecule has 0 aliphatic heterocycles. The van der Waals surface area contributed by atoms with E-state index in [-0.39, 0.29) is 11.1 Å². The van der Waals surface area contributed by atoms with Crippen LogP contribution in [0.4, 0.5) is 4.39 Å². The largest absolute Gasteiger partial charge is 0.366 e. The molecule has 0 bridgehead atoms. The maximum absolute atomic E-state index is 13.9. The minimum atomic E-state index is -0.792. The molecule has 0 aliphatic carbocycles. The van der Waals surface area contributed by atoms with Crippen LogP contribution in [0.15, 0.2) is 53.6 Å². The van der Waals surface area contributed by atoms with Crippen LogP contribution in [0.5, 0.6) is 0 Å². The predicted octanol–water partition coefficient (Wildman–Crippen LogP) is 2.97. The number of aryl methyl sites for hydroxylation is 1. The summed E-state index contributed by atoms with van der Waals surface area (Å²) in [6.07, 6.45) is 1.47. The Bertz CT molecular complexity index is 1200. The molecule has 0 atom stereocenters. The van der Waals surface area contributed by atoms with Crippen LogP contribution in [0.2, 0.25) is 0 Å². The maximum atomic E-state index is 13.9. The van der Waals surface area contributed by atoms with Gasteiger partial charge in [0.05, 0.1) is 23.4 Å². The zero-order valence-electron chi connectivity index (χ0n) is 16.3. The number of nitrogens with two attached hydrogens (primary N) is 1. The molecule has 2 aromatic carbocycles. The van der Waals surface area contributed by atoms with Crippen LogP contribution in [0.25, 0.3) is 5.69 Å². The number of hydrazone groups is 1. The van der Waals surface area contributed by atoms with Crippen molar-refractivity contribution in [2.24, 2.45) is 10.8 Å². The van der Waals surface area contributed by atoms with E-state index in [1.165, 1.54) is 18.3 Å². The Morgan fingerprint density at radius 2 is 1.87 bits per heavy atom. The predicted molar refractivity (Wildman–Crippen MR) is 110 cm³/mol. The van der Waals surface area contributed by atoms with Crippen molar-refractivity contribution in [1.82, 2.24) is 9.99 Å². The lowest BCUT2D eigenvalue weighted by molar-refractivity contribution is 0.0949. The highest BCUT2D eigenvalue weighted by Crippen LogP contribution is 2.20. The van der Waals surface area contributed by atoms with Crippen LogP contribution in [0, 0.1) is 31.0 Å². The lowest BCUT2D eigenvalue weighted by Gasteiger charge is -2.10. The number of rotatable bonds is 5. The number of primary amides is 1. The summed E-state index contributed by atoms with van der Waals surface area (Å²) >= 11 is 0. The number of carbonyl (C=O) groups is 2. The number of amides is 2. The second-order valence-electron chi connectivity index (χ2n) is 6.58. The van der Waals surface area contributed by atoms with Crippen molar-refractivity contribution in [3.8, 4) is 11.8 Å². The van der Waals surface area contributed by atoms with Gasteiger partial charge in [0, 0.05) is 28.2 Å². The van der Waals surface area contributed by atoms with E-state index < -0.39 is 17.6 Å². The molecule has 3 aromatic rings. The molecule has 8 heteroatoms. The molecule has 0 spiro atoms. The topological polar surface area (TPSA) is 113 Å². The van der Waals surface area contributed by atoms with Gasteiger partial charge in [-0.05, 0) is 62.4 Å². The van der Waals surface area contributed by atoms with E-state index in [2.05, 4.69) is 10.5 Å². The molecular formula is C22H18FN5O2. The summed E-state index contributed by atoms with van der Waals surface area (Å²) in [5, 5.41) is 12.7. The standard InChI is InChI=1S/C22H18FN5O2/c1-13-9-17(14(2)28(13)18-6-4-16(5-7-18)21(25)29)12-26-27-22(30)19-8-3-15(11-24)10-20(19)23/h3-10,12H,1-2H3,(H2,25,29)(H,27,30)/b26-12-. The van der Waals surface area contributed by atoms with E-state index in [1.807, 2.05) is 30.6 Å². The summed E-state index contributed by atoms with van der Waals surface area (Å²) in [6, 6.07) is 14.2. The van der Waals surface area contributed by atoms with Crippen molar-refractivity contribution in [2.75, 3.05) is 0 Å². The van der Waals surface area contributed by atoms with Gasteiger partial charge in [0.2, 0.25) is 5.91 Å². The zero-order chi connectivity index (χ0) is 21.8. The maximum Gasteiger partial charge on any atom is 0.274 e. The first-order valence-corrected chi connectivity index (χ1v) is 8.94. The van der Waals surface area contributed by atoms with E-state index in [1.54, 1.807) is 24.3 Å². The first-order valence-electron chi connectivity index (χ1n) is 8.94. The van der Waals surface area contributed by atoms with Gasteiger partial charge in [-0.25, -0.2) is 9.82 Å². The first kappa shape index (κ1) is 20.5. The van der Waals surface area contributed by atoms with Crippen LogP contribution in [-0.2, 0) is 0 Å². The molecule has 150 valence electrons. The van der Waals surface area contributed by atoms with Crippen LogP contribution < -0.4 is 11.2 Å². The summed E-state index contributed by atoms with van der Waals surface area (Å²) < 4.78 is 15.9. The van der Waals surface area contributed by atoms with E-state index in [9.17, 15) is 14.0 Å². The molecule has 2 amide bonds. The summed E-state index contributed by atoms with van der Waals surface area (Å²) in [7, 11) is 0. The molecule has 0 saturated heterocycles. The number of nitrogens with zero attached hydrogens (tertiary/aromatic N) is 3. The Labute approximate surface area is 172 Å². The minimum Gasteiger partial charge on any atom is -0.366 e. The van der Waals surface area contributed by atoms with Crippen molar-refractivity contribution >= 4 is 18.0 Å².